The van der Waals surface area contributed by atoms with Gasteiger partial charge in [0, 0.05) is 5.92 Å². The largest absolute Gasteiger partial charge is 0.500 e. The van der Waals surface area contributed by atoms with Crippen LogP contribution in [0.4, 0.5) is 8.78 Å². The average molecular weight is 352 g/mol. The highest BCUT2D eigenvalue weighted by atomic mass is 19.3. The van der Waals surface area contributed by atoms with E-state index in [2.05, 4.69) is 4.74 Å². The number of methoxy groups -OCH3 is 2. The average Bonchev–Trinajstić information content (AvgIpc) is 2.62. The fraction of sp³-hybridized carbons (Fsp3) is 0.421. The van der Waals surface area contributed by atoms with Crippen LogP contribution in [0.2, 0.25) is 0 Å². The third kappa shape index (κ3) is 4.81. The molecule has 0 aromatic heterocycles. The zero-order valence-electron chi connectivity index (χ0n) is 14.6. The molecule has 1 unspecified atom stereocenters. The number of ether oxygens (including phenoxy) is 3. The predicted octanol–water partition coefficient (Wildman–Crippen LogP) is 4.48. The summed E-state index contributed by atoms with van der Waals surface area (Å²) in [6.07, 6.45) is 2.18. The van der Waals surface area contributed by atoms with E-state index in [4.69, 9.17) is 9.47 Å². The molecule has 0 bridgehead atoms. The first kappa shape index (κ1) is 19.0. The van der Waals surface area contributed by atoms with E-state index >= 15 is 0 Å². The Morgan fingerprint density at radius 1 is 1.32 bits per heavy atom. The van der Waals surface area contributed by atoms with Crippen molar-refractivity contribution in [3.8, 4) is 5.75 Å². The number of carbonyl (C=O) groups is 1. The first-order valence-corrected chi connectivity index (χ1v) is 8.03. The Hall–Kier alpha value is -2.37. The summed E-state index contributed by atoms with van der Waals surface area (Å²) in [6.45, 7) is 1.85. The van der Waals surface area contributed by atoms with E-state index in [1.54, 1.807) is 6.07 Å². The lowest BCUT2D eigenvalue weighted by atomic mass is 9.86. The van der Waals surface area contributed by atoms with E-state index in [0.29, 0.717) is 25.0 Å². The van der Waals surface area contributed by atoms with Gasteiger partial charge in [-0.05, 0) is 49.0 Å². The highest BCUT2D eigenvalue weighted by Crippen LogP contribution is 2.35. The molecule has 136 valence electrons. The maximum atomic E-state index is 12.8. The maximum Gasteiger partial charge on any atom is 0.377 e. The van der Waals surface area contributed by atoms with Crippen molar-refractivity contribution in [3.63, 3.8) is 0 Å². The highest BCUT2D eigenvalue weighted by Gasteiger charge is 2.23. The van der Waals surface area contributed by atoms with Crippen LogP contribution in [0.15, 0.2) is 36.3 Å². The van der Waals surface area contributed by atoms with Crippen molar-refractivity contribution in [1.82, 2.24) is 0 Å². The molecular formula is C19H22F2O4. The zero-order chi connectivity index (χ0) is 18.4. The van der Waals surface area contributed by atoms with Crippen LogP contribution in [0.5, 0.6) is 5.75 Å². The minimum atomic E-state index is -2.28. The van der Waals surface area contributed by atoms with E-state index in [9.17, 15) is 13.6 Å². The van der Waals surface area contributed by atoms with Crippen LogP contribution >= 0.6 is 0 Å². The van der Waals surface area contributed by atoms with Crippen molar-refractivity contribution in [2.45, 2.75) is 32.6 Å². The number of aryl methyl sites for hydroxylation is 1. The lowest BCUT2D eigenvalue weighted by Gasteiger charge is -2.22. The SMILES string of the molecule is CO/C=C(\Oc1cc(C2=CCC(C(F)F)CC2)ccc1C)C(=O)OC. The van der Waals surface area contributed by atoms with Gasteiger partial charge in [-0.3, -0.25) is 0 Å². The van der Waals surface area contributed by atoms with Crippen molar-refractivity contribution in [2.24, 2.45) is 5.92 Å². The van der Waals surface area contributed by atoms with Crippen molar-refractivity contribution >= 4 is 11.5 Å². The molecule has 25 heavy (non-hydrogen) atoms. The summed E-state index contributed by atoms with van der Waals surface area (Å²) >= 11 is 0. The van der Waals surface area contributed by atoms with Gasteiger partial charge in [-0.25, -0.2) is 13.6 Å². The molecule has 1 atom stereocenters. The molecule has 0 radical (unpaired) electrons. The van der Waals surface area contributed by atoms with Crippen LogP contribution in [-0.2, 0) is 14.3 Å². The second-order valence-electron chi connectivity index (χ2n) is 5.89. The highest BCUT2D eigenvalue weighted by molar-refractivity contribution is 5.86. The number of alkyl halides is 2. The molecule has 6 heteroatoms. The van der Waals surface area contributed by atoms with E-state index < -0.39 is 18.3 Å². The monoisotopic (exact) mass is 352 g/mol. The Morgan fingerprint density at radius 2 is 2.08 bits per heavy atom. The van der Waals surface area contributed by atoms with E-state index in [1.807, 2.05) is 25.1 Å². The summed E-state index contributed by atoms with van der Waals surface area (Å²) in [4.78, 5) is 11.7. The molecule has 0 amide bonds. The van der Waals surface area contributed by atoms with E-state index in [0.717, 1.165) is 16.7 Å². The molecule has 2 rings (SSSR count). The van der Waals surface area contributed by atoms with Crippen LogP contribution < -0.4 is 4.74 Å². The second-order valence-corrected chi connectivity index (χ2v) is 5.89. The molecule has 0 saturated carbocycles. The number of carbonyl (C=O) groups excluding carboxylic acids is 1. The molecule has 0 saturated heterocycles. The fourth-order valence-corrected chi connectivity index (χ4v) is 2.70. The maximum absolute atomic E-state index is 12.8. The van der Waals surface area contributed by atoms with E-state index in [-0.39, 0.29) is 5.76 Å². The first-order chi connectivity index (χ1) is 12.0. The van der Waals surface area contributed by atoms with Crippen molar-refractivity contribution in [1.29, 1.82) is 0 Å². The molecule has 1 aromatic carbocycles. The summed E-state index contributed by atoms with van der Waals surface area (Å²) < 4.78 is 40.7. The van der Waals surface area contributed by atoms with Crippen molar-refractivity contribution in [3.05, 3.63) is 47.4 Å². The predicted molar refractivity (Wildman–Crippen MR) is 90.2 cm³/mol. The fourth-order valence-electron chi connectivity index (χ4n) is 2.70. The van der Waals surface area contributed by atoms with Gasteiger partial charge in [0.25, 0.3) is 0 Å². The van der Waals surface area contributed by atoms with Crippen LogP contribution in [0.3, 0.4) is 0 Å². The van der Waals surface area contributed by atoms with Gasteiger partial charge in [0.1, 0.15) is 12.0 Å². The number of benzene rings is 1. The first-order valence-electron chi connectivity index (χ1n) is 8.03. The summed E-state index contributed by atoms with van der Waals surface area (Å²) in [5.74, 6) is -0.799. The normalized spacial score (nSPS) is 17.9. The Kier molecular flexibility index (Phi) is 6.56. The Balaban J connectivity index is 2.23. The zero-order valence-corrected chi connectivity index (χ0v) is 14.6. The number of hydrogen-bond donors (Lipinski definition) is 0. The van der Waals surface area contributed by atoms with Crippen molar-refractivity contribution in [2.75, 3.05) is 14.2 Å². The molecule has 1 aliphatic carbocycles. The summed E-state index contributed by atoms with van der Waals surface area (Å²) in [5, 5.41) is 0. The molecule has 0 fully saturated rings. The molecule has 0 aliphatic heterocycles. The van der Waals surface area contributed by atoms with E-state index in [1.165, 1.54) is 20.5 Å². The van der Waals surface area contributed by atoms with Gasteiger partial charge in [0.15, 0.2) is 0 Å². The number of allylic oxidation sites excluding steroid dienone is 2. The minimum Gasteiger partial charge on any atom is -0.500 e. The lowest BCUT2D eigenvalue weighted by molar-refractivity contribution is -0.138. The summed E-state index contributed by atoms with van der Waals surface area (Å²) in [5.41, 5.74) is 2.74. The molecule has 0 N–H and O–H groups in total. The van der Waals surface area contributed by atoms with Gasteiger partial charge in [-0.2, -0.15) is 0 Å². The van der Waals surface area contributed by atoms with Gasteiger partial charge in [-0.1, -0.05) is 18.2 Å². The molecular weight excluding hydrogens is 330 g/mol. The van der Waals surface area contributed by atoms with Crippen LogP contribution in [0.25, 0.3) is 5.57 Å². The molecule has 0 heterocycles. The Bertz CT molecular complexity index is 680. The molecule has 1 aromatic rings. The van der Waals surface area contributed by atoms with Gasteiger partial charge in [-0.15, -0.1) is 0 Å². The Labute approximate surface area is 146 Å². The summed E-state index contributed by atoms with van der Waals surface area (Å²) in [6, 6.07) is 5.59. The quantitative estimate of drug-likeness (QED) is 0.430. The molecule has 0 spiro atoms. The molecule has 4 nitrogen and oxygen atoms in total. The van der Waals surface area contributed by atoms with Gasteiger partial charge in [0.2, 0.25) is 12.2 Å². The number of hydrogen-bond acceptors (Lipinski definition) is 4. The van der Waals surface area contributed by atoms with Gasteiger partial charge >= 0.3 is 5.97 Å². The van der Waals surface area contributed by atoms with Gasteiger partial charge in [0.05, 0.1) is 14.2 Å². The smallest absolute Gasteiger partial charge is 0.377 e. The minimum absolute atomic E-state index is 0.0689. The lowest BCUT2D eigenvalue weighted by Crippen LogP contribution is -2.14. The third-order valence-corrected chi connectivity index (χ3v) is 4.20. The van der Waals surface area contributed by atoms with Gasteiger partial charge < -0.3 is 14.2 Å². The van der Waals surface area contributed by atoms with Crippen LogP contribution in [0.1, 0.15) is 30.4 Å². The number of rotatable bonds is 6. The molecule has 1 aliphatic rings. The van der Waals surface area contributed by atoms with Crippen molar-refractivity contribution < 1.29 is 27.8 Å². The summed E-state index contributed by atoms with van der Waals surface area (Å²) in [7, 11) is 2.66. The second kappa shape index (κ2) is 8.65. The number of esters is 1. The topological polar surface area (TPSA) is 44.8 Å². The standard InChI is InChI=1S/C19H22F2O4/c1-12-4-5-15(13-6-8-14(9-7-13)18(20)21)10-16(12)25-17(11-23-2)19(22)24-3/h4-6,10-11,14,18H,7-9H2,1-3H3/b17-11-. The third-order valence-electron chi connectivity index (χ3n) is 4.20. The van der Waals surface area contributed by atoms with Crippen LogP contribution in [0, 0.1) is 12.8 Å². The number of halogens is 2. The Morgan fingerprint density at radius 3 is 2.64 bits per heavy atom. The van der Waals surface area contributed by atoms with Crippen LogP contribution in [-0.4, -0.2) is 26.6 Å².